The number of hydrogen-bond acceptors (Lipinski definition) is 3. The molecule has 1 N–H and O–H groups in total. The SMILES string of the molecule is CCC(C)NS(=O)(=O)c1ccc(C(=O)N(C)c2ccccc2)cc1. The smallest absolute Gasteiger partial charge is 0.258 e. The van der Waals surface area contributed by atoms with Crippen LogP contribution in [-0.2, 0) is 10.0 Å². The fourth-order valence-corrected chi connectivity index (χ4v) is 3.48. The normalized spacial score (nSPS) is 12.6. The summed E-state index contributed by atoms with van der Waals surface area (Å²) in [6.45, 7) is 3.72. The highest BCUT2D eigenvalue weighted by Crippen LogP contribution is 2.17. The van der Waals surface area contributed by atoms with Crippen molar-refractivity contribution in [3.63, 3.8) is 0 Å². The third-order valence-corrected chi connectivity index (χ3v) is 5.43. The number of nitrogens with zero attached hydrogens (tertiary/aromatic N) is 1. The van der Waals surface area contributed by atoms with Crippen molar-refractivity contribution in [2.75, 3.05) is 11.9 Å². The Kier molecular flexibility index (Phi) is 5.75. The summed E-state index contributed by atoms with van der Waals surface area (Å²) in [7, 11) is -1.87. The van der Waals surface area contributed by atoms with Crippen molar-refractivity contribution in [1.82, 2.24) is 4.72 Å². The molecule has 0 saturated carbocycles. The van der Waals surface area contributed by atoms with Gasteiger partial charge >= 0.3 is 0 Å². The van der Waals surface area contributed by atoms with E-state index in [1.54, 1.807) is 7.05 Å². The molecule has 0 aliphatic rings. The van der Waals surface area contributed by atoms with Crippen molar-refractivity contribution in [1.29, 1.82) is 0 Å². The monoisotopic (exact) mass is 346 g/mol. The number of anilines is 1. The van der Waals surface area contributed by atoms with Crippen LogP contribution in [0.3, 0.4) is 0 Å². The van der Waals surface area contributed by atoms with Gasteiger partial charge in [-0.05, 0) is 49.7 Å². The summed E-state index contributed by atoms with van der Waals surface area (Å²) in [5.41, 5.74) is 1.21. The summed E-state index contributed by atoms with van der Waals surface area (Å²) in [5, 5.41) is 0. The van der Waals surface area contributed by atoms with E-state index >= 15 is 0 Å². The minimum atomic E-state index is -3.56. The molecule has 0 saturated heterocycles. The number of amides is 1. The molecule has 0 heterocycles. The molecule has 0 aliphatic heterocycles. The van der Waals surface area contributed by atoms with E-state index < -0.39 is 10.0 Å². The van der Waals surface area contributed by atoms with Gasteiger partial charge < -0.3 is 4.90 Å². The molecule has 0 aromatic heterocycles. The number of nitrogens with one attached hydrogen (secondary N) is 1. The number of carbonyl (C=O) groups is 1. The van der Waals surface area contributed by atoms with Crippen molar-refractivity contribution >= 4 is 21.6 Å². The summed E-state index contributed by atoms with van der Waals surface area (Å²) in [5.74, 6) is -0.194. The molecule has 0 spiro atoms. The molecule has 0 bridgehead atoms. The average molecular weight is 346 g/mol. The van der Waals surface area contributed by atoms with E-state index in [4.69, 9.17) is 0 Å². The van der Waals surface area contributed by atoms with Crippen LogP contribution in [0, 0.1) is 0 Å². The lowest BCUT2D eigenvalue weighted by Gasteiger charge is -2.17. The second-order valence-electron chi connectivity index (χ2n) is 5.65. The van der Waals surface area contributed by atoms with Gasteiger partial charge in [-0.25, -0.2) is 13.1 Å². The average Bonchev–Trinajstić information content (AvgIpc) is 2.61. The van der Waals surface area contributed by atoms with E-state index in [-0.39, 0.29) is 16.8 Å². The van der Waals surface area contributed by atoms with E-state index in [2.05, 4.69) is 4.72 Å². The molecule has 0 fully saturated rings. The van der Waals surface area contributed by atoms with Crippen LogP contribution in [0.2, 0.25) is 0 Å². The highest BCUT2D eigenvalue weighted by atomic mass is 32.2. The predicted molar refractivity (Wildman–Crippen MR) is 95.7 cm³/mol. The van der Waals surface area contributed by atoms with Gasteiger partial charge in [0.1, 0.15) is 0 Å². The third kappa shape index (κ3) is 4.21. The van der Waals surface area contributed by atoms with Gasteiger partial charge in [0.25, 0.3) is 5.91 Å². The number of rotatable bonds is 6. The molecule has 1 amide bonds. The maximum atomic E-state index is 12.5. The number of carbonyl (C=O) groups excluding carboxylic acids is 1. The Balaban J connectivity index is 2.19. The maximum absolute atomic E-state index is 12.5. The molecule has 1 unspecified atom stereocenters. The lowest BCUT2D eigenvalue weighted by atomic mass is 10.2. The Bertz CT molecular complexity index is 787. The maximum Gasteiger partial charge on any atom is 0.258 e. The van der Waals surface area contributed by atoms with Gasteiger partial charge in [0.05, 0.1) is 4.90 Å². The number of benzene rings is 2. The van der Waals surface area contributed by atoms with Crippen LogP contribution in [0.1, 0.15) is 30.6 Å². The Hall–Kier alpha value is -2.18. The van der Waals surface area contributed by atoms with Crippen molar-refractivity contribution in [3.05, 3.63) is 60.2 Å². The highest BCUT2D eigenvalue weighted by molar-refractivity contribution is 7.89. The van der Waals surface area contributed by atoms with E-state index in [0.717, 1.165) is 5.69 Å². The van der Waals surface area contributed by atoms with E-state index in [9.17, 15) is 13.2 Å². The molecule has 2 aromatic rings. The van der Waals surface area contributed by atoms with Crippen LogP contribution in [0.4, 0.5) is 5.69 Å². The Morgan fingerprint density at radius 3 is 2.21 bits per heavy atom. The Morgan fingerprint density at radius 1 is 1.08 bits per heavy atom. The van der Waals surface area contributed by atoms with Gasteiger partial charge in [-0.1, -0.05) is 25.1 Å². The van der Waals surface area contributed by atoms with Gasteiger partial charge in [-0.3, -0.25) is 4.79 Å². The first kappa shape index (κ1) is 18.2. The van der Waals surface area contributed by atoms with Gasteiger partial charge in [-0.2, -0.15) is 0 Å². The van der Waals surface area contributed by atoms with Crippen LogP contribution in [0.5, 0.6) is 0 Å². The molecule has 128 valence electrons. The third-order valence-electron chi connectivity index (χ3n) is 3.83. The first-order valence-corrected chi connectivity index (χ1v) is 9.29. The molecule has 1 atom stereocenters. The zero-order chi connectivity index (χ0) is 17.7. The zero-order valence-corrected chi connectivity index (χ0v) is 14.9. The number of hydrogen-bond donors (Lipinski definition) is 1. The summed E-state index contributed by atoms with van der Waals surface area (Å²) in [6, 6.07) is 15.1. The van der Waals surface area contributed by atoms with Crippen LogP contribution in [0.15, 0.2) is 59.5 Å². The summed E-state index contributed by atoms with van der Waals surface area (Å²) >= 11 is 0. The summed E-state index contributed by atoms with van der Waals surface area (Å²) in [4.78, 5) is 14.2. The summed E-state index contributed by atoms with van der Waals surface area (Å²) < 4.78 is 27.1. The molecule has 2 aromatic carbocycles. The quantitative estimate of drug-likeness (QED) is 0.874. The van der Waals surface area contributed by atoms with Gasteiger partial charge in [0.15, 0.2) is 0 Å². The molecular weight excluding hydrogens is 324 g/mol. The largest absolute Gasteiger partial charge is 0.311 e. The lowest BCUT2D eigenvalue weighted by Crippen LogP contribution is -2.32. The minimum absolute atomic E-state index is 0.138. The minimum Gasteiger partial charge on any atom is -0.311 e. The second kappa shape index (κ2) is 7.59. The molecule has 24 heavy (non-hydrogen) atoms. The van der Waals surface area contributed by atoms with E-state index in [1.165, 1.54) is 29.2 Å². The van der Waals surface area contributed by atoms with Crippen molar-refractivity contribution in [2.45, 2.75) is 31.2 Å². The highest BCUT2D eigenvalue weighted by Gasteiger charge is 2.18. The van der Waals surface area contributed by atoms with Gasteiger partial charge in [0.2, 0.25) is 10.0 Å². The fraction of sp³-hybridized carbons (Fsp3) is 0.278. The van der Waals surface area contributed by atoms with Gasteiger partial charge in [0, 0.05) is 24.3 Å². The predicted octanol–water partition coefficient (Wildman–Crippen LogP) is 3.04. The molecule has 0 aliphatic carbocycles. The van der Waals surface area contributed by atoms with Crippen LogP contribution in [-0.4, -0.2) is 27.4 Å². The van der Waals surface area contributed by atoms with Crippen LogP contribution >= 0.6 is 0 Å². The first-order valence-electron chi connectivity index (χ1n) is 7.80. The Morgan fingerprint density at radius 2 is 1.67 bits per heavy atom. The molecular formula is C18H22N2O3S. The zero-order valence-electron chi connectivity index (χ0n) is 14.1. The standard InChI is InChI=1S/C18H22N2O3S/c1-4-14(2)19-24(22,23)17-12-10-15(11-13-17)18(21)20(3)16-8-6-5-7-9-16/h5-14,19H,4H2,1-3H3. The topological polar surface area (TPSA) is 66.5 Å². The number of sulfonamides is 1. The summed E-state index contributed by atoms with van der Waals surface area (Å²) in [6.07, 6.45) is 0.706. The molecule has 6 heteroatoms. The Labute approximate surface area is 143 Å². The molecule has 0 radical (unpaired) electrons. The lowest BCUT2D eigenvalue weighted by molar-refractivity contribution is 0.0993. The number of para-hydroxylation sites is 1. The van der Waals surface area contributed by atoms with Crippen molar-refractivity contribution < 1.29 is 13.2 Å². The van der Waals surface area contributed by atoms with E-state index in [0.29, 0.717) is 12.0 Å². The molecule has 2 rings (SSSR count). The van der Waals surface area contributed by atoms with Gasteiger partial charge in [-0.15, -0.1) is 0 Å². The molecule has 5 nitrogen and oxygen atoms in total. The second-order valence-corrected chi connectivity index (χ2v) is 7.37. The van der Waals surface area contributed by atoms with Crippen molar-refractivity contribution in [3.8, 4) is 0 Å². The van der Waals surface area contributed by atoms with Crippen LogP contribution in [0.25, 0.3) is 0 Å². The first-order chi connectivity index (χ1) is 11.3. The van der Waals surface area contributed by atoms with Crippen molar-refractivity contribution in [2.24, 2.45) is 0 Å². The van der Waals surface area contributed by atoms with E-state index in [1.807, 2.05) is 44.2 Å². The van der Waals surface area contributed by atoms with Crippen LogP contribution < -0.4 is 9.62 Å². The fourth-order valence-electron chi connectivity index (χ4n) is 2.16.